The van der Waals surface area contributed by atoms with Gasteiger partial charge in [0.05, 0.1) is 18.6 Å². The molecule has 1 saturated heterocycles. The molecule has 188 valence electrons. The van der Waals surface area contributed by atoms with Crippen LogP contribution in [0, 0.1) is 0 Å². The first-order chi connectivity index (χ1) is 17.3. The number of hydrogen-bond acceptors (Lipinski definition) is 9. The number of piperazine rings is 1. The van der Waals surface area contributed by atoms with E-state index in [0.717, 1.165) is 81.3 Å². The van der Waals surface area contributed by atoms with E-state index < -0.39 is 0 Å². The zero-order chi connectivity index (χ0) is 23.7. The van der Waals surface area contributed by atoms with Crippen molar-refractivity contribution in [3.63, 3.8) is 0 Å². The maximum Gasteiger partial charge on any atom is 0.229 e. The van der Waals surface area contributed by atoms with Gasteiger partial charge in [0.15, 0.2) is 11.5 Å². The minimum atomic E-state index is 0.590. The SMILES string of the molecule is c1nc2nc(N3CCNCC3)nc(NCc3ccc(CNCCCNC4CCCCC4)cn3)c2[nH]1. The fraction of sp³-hybridized carbons (Fsp3) is 0.600. The van der Waals surface area contributed by atoms with E-state index in [1.54, 1.807) is 6.33 Å². The third-order valence-electron chi connectivity index (χ3n) is 6.89. The van der Waals surface area contributed by atoms with Gasteiger partial charge < -0.3 is 31.2 Å². The number of imidazole rings is 1. The summed E-state index contributed by atoms with van der Waals surface area (Å²) in [5.74, 6) is 1.48. The minimum Gasteiger partial charge on any atom is -0.362 e. The Morgan fingerprint density at radius 2 is 1.86 bits per heavy atom. The first-order valence-corrected chi connectivity index (χ1v) is 13.1. The lowest BCUT2D eigenvalue weighted by Gasteiger charge is -2.27. The lowest BCUT2D eigenvalue weighted by atomic mass is 9.95. The maximum absolute atomic E-state index is 4.79. The number of fused-ring (bicyclic) bond motifs is 1. The summed E-state index contributed by atoms with van der Waals surface area (Å²) in [6.07, 6.45) is 11.7. The van der Waals surface area contributed by atoms with Crippen molar-refractivity contribution in [3.8, 4) is 0 Å². The molecule has 1 aliphatic carbocycles. The molecule has 2 aliphatic rings. The van der Waals surface area contributed by atoms with Crippen LogP contribution >= 0.6 is 0 Å². The zero-order valence-corrected chi connectivity index (χ0v) is 20.5. The topological polar surface area (TPSA) is 119 Å². The molecule has 0 bridgehead atoms. The highest BCUT2D eigenvalue weighted by Crippen LogP contribution is 2.21. The highest BCUT2D eigenvalue weighted by molar-refractivity contribution is 5.83. The van der Waals surface area contributed by atoms with E-state index in [4.69, 9.17) is 4.98 Å². The first kappa shape index (κ1) is 23.9. The summed E-state index contributed by atoms with van der Waals surface area (Å²) in [6.45, 7) is 7.22. The normalized spacial score (nSPS) is 17.2. The van der Waals surface area contributed by atoms with Crippen molar-refractivity contribution < 1.29 is 0 Å². The number of aromatic nitrogens is 5. The summed E-state index contributed by atoms with van der Waals surface area (Å²) in [5.41, 5.74) is 3.68. The largest absolute Gasteiger partial charge is 0.362 e. The quantitative estimate of drug-likeness (QED) is 0.264. The molecule has 0 amide bonds. The molecule has 4 heterocycles. The van der Waals surface area contributed by atoms with E-state index in [0.29, 0.717) is 12.2 Å². The van der Waals surface area contributed by atoms with Crippen molar-refractivity contribution in [1.82, 2.24) is 40.9 Å². The molecule has 1 aliphatic heterocycles. The second-order valence-corrected chi connectivity index (χ2v) is 9.54. The Balaban J connectivity index is 1.08. The number of hydrogen-bond donors (Lipinski definition) is 5. The van der Waals surface area contributed by atoms with Crippen LogP contribution in [0.25, 0.3) is 11.2 Å². The number of nitrogens with one attached hydrogen (secondary N) is 5. The summed E-state index contributed by atoms with van der Waals surface area (Å²) in [4.78, 5) is 23.8. The van der Waals surface area contributed by atoms with Crippen LogP contribution in [0.5, 0.6) is 0 Å². The Hall–Kier alpha value is -2.82. The number of nitrogens with zero attached hydrogens (tertiary/aromatic N) is 5. The molecule has 0 aromatic carbocycles. The number of H-pyrrole nitrogens is 1. The Kier molecular flexibility index (Phi) is 8.35. The molecule has 5 N–H and O–H groups in total. The van der Waals surface area contributed by atoms with Crippen molar-refractivity contribution >= 4 is 22.9 Å². The molecular weight excluding hydrogens is 440 g/mol. The molecule has 0 spiro atoms. The van der Waals surface area contributed by atoms with Gasteiger partial charge in [-0.05, 0) is 44.0 Å². The molecule has 10 heteroatoms. The number of rotatable bonds is 11. The summed E-state index contributed by atoms with van der Waals surface area (Å²) in [6, 6.07) is 4.97. The van der Waals surface area contributed by atoms with Crippen LogP contribution in [0.15, 0.2) is 24.7 Å². The van der Waals surface area contributed by atoms with Gasteiger partial charge >= 0.3 is 0 Å². The van der Waals surface area contributed by atoms with Gasteiger partial charge in [0.1, 0.15) is 5.52 Å². The van der Waals surface area contributed by atoms with E-state index in [2.05, 4.69) is 58.2 Å². The molecular formula is C25H38N10. The molecule has 3 aromatic rings. The average Bonchev–Trinajstić information content (AvgIpc) is 3.40. The van der Waals surface area contributed by atoms with E-state index in [1.165, 1.54) is 37.7 Å². The van der Waals surface area contributed by atoms with Crippen molar-refractivity contribution in [1.29, 1.82) is 0 Å². The Morgan fingerprint density at radius 1 is 0.971 bits per heavy atom. The predicted octanol–water partition coefficient (Wildman–Crippen LogP) is 2.17. The van der Waals surface area contributed by atoms with E-state index in [9.17, 15) is 0 Å². The van der Waals surface area contributed by atoms with Gasteiger partial charge in [0.2, 0.25) is 5.95 Å². The molecule has 0 unspecified atom stereocenters. The second kappa shape index (κ2) is 12.2. The third kappa shape index (κ3) is 6.65. The van der Waals surface area contributed by atoms with Crippen LogP contribution in [0.1, 0.15) is 49.8 Å². The van der Waals surface area contributed by atoms with E-state index >= 15 is 0 Å². The Labute approximate surface area is 207 Å². The molecule has 35 heavy (non-hydrogen) atoms. The Bertz CT molecular complexity index is 1040. The smallest absolute Gasteiger partial charge is 0.229 e. The number of pyridine rings is 1. The first-order valence-electron chi connectivity index (χ1n) is 13.1. The lowest BCUT2D eigenvalue weighted by molar-refractivity contribution is 0.371. The van der Waals surface area contributed by atoms with Crippen molar-refractivity contribution in [2.24, 2.45) is 0 Å². The number of anilines is 2. The van der Waals surface area contributed by atoms with Gasteiger partial charge in [-0.2, -0.15) is 9.97 Å². The lowest BCUT2D eigenvalue weighted by Crippen LogP contribution is -2.44. The molecule has 3 aromatic heterocycles. The molecule has 5 rings (SSSR count). The molecule has 0 radical (unpaired) electrons. The highest BCUT2D eigenvalue weighted by Gasteiger charge is 2.17. The summed E-state index contributed by atoms with van der Waals surface area (Å²) < 4.78 is 0. The number of aromatic amines is 1. The minimum absolute atomic E-state index is 0.590. The summed E-state index contributed by atoms with van der Waals surface area (Å²) in [7, 11) is 0. The Morgan fingerprint density at radius 3 is 2.69 bits per heavy atom. The van der Waals surface area contributed by atoms with Gasteiger partial charge in [-0.15, -0.1) is 0 Å². The van der Waals surface area contributed by atoms with E-state index in [1.807, 2.05) is 6.20 Å². The highest BCUT2D eigenvalue weighted by atomic mass is 15.3. The third-order valence-corrected chi connectivity index (χ3v) is 6.89. The maximum atomic E-state index is 4.79. The van der Waals surface area contributed by atoms with Crippen LogP contribution in [0.3, 0.4) is 0 Å². The van der Waals surface area contributed by atoms with Crippen LogP contribution in [0.4, 0.5) is 11.8 Å². The van der Waals surface area contributed by atoms with Crippen LogP contribution in [-0.2, 0) is 13.1 Å². The van der Waals surface area contributed by atoms with Gasteiger partial charge in [0.25, 0.3) is 0 Å². The molecule has 0 atom stereocenters. The van der Waals surface area contributed by atoms with Crippen LogP contribution in [-0.4, -0.2) is 70.2 Å². The molecule has 1 saturated carbocycles. The predicted molar refractivity (Wildman–Crippen MR) is 140 cm³/mol. The zero-order valence-electron chi connectivity index (χ0n) is 20.5. The molecule has 2 fully saturated rings. The van der Waals surface area contributed by atoms with Crippen molar-refractivity contribution in [2.45, 2.75) is 57.7 Å². The summed E-state index contributed by atoms with van der Waals surface area (Å²) >= 11 is 0. The van der Waals surface area contributed by atoms with E-state index in [-0.39, 0.29) is 0 Å². The van der Waals surface area contributed by atoms with Crippen LogP contribution < -0.4 is 26.2 Å². The van der Waals surface area contributed by atoms with Gasteiger partial charge in [-0.3, -0.25) is 4.98 Å². The fourth-order valence-electron chi connectivity index (χ4n) is 4.85. The van der Waals surface area contributed by atoms with Gasteiger partial charge in [-0.25, -0.2) is 4.98 Å². The van der Waals surface area contributed by atoms with Crippen molar-refractivity contribution in [2.75, 3.05) is 49.5 Å². The molecule has 10 nitrogen and oxygen atoms in total. The monoisotopic (exact) mass is 478 g/mol. The van der Waals surface area contributed by atoms with Crippen LogP contribution in [0.2, 0.25) is 0 Å². The summed E-state index contributed by atoms with van der Waals surface area (Å²) in [5, 5.41) is 14.0. The second-order valence-electron chi connectivity index (χ2n) is 9.54. The van der Waals surface area contributed by atoms with Gasteiger partial charge in [0, 0.05) is 45.0 Å². The fourth-order valence-corrected chi connectivity index (χ4v) is 4.85. The van der Waals surface area contributed by atoms with Crippen molar-refractivity contribution in [3.05, 3.63) is 35.9 Å². The standard InChI is InChI=1S/C25H38N10/c1-2-5-20(6-3-1)28-10-4-9-27-15-19-7-8-21(29-16-19)17-30-23-22-24(32-18-31-22)34-25(33-23)35-13-11-26-12-14-35/h7-8,16,18,20,26-28H,1-6,9-15,17H2,(H2,30,31,32,33,34). The average molecular weight is 479 g/mol. The van der Waals surface area contributed by atoms with Gasteiger partial charge in [-0.1, -0.05) is 25.3 Å².